The van der Waals surface area contributed by atoms with Gasteiger partial charge in [-0.2, -0.15) is 0 Å². The largest absolute Gasteiger partial charge is 0.352 e. The summed E-state index contributed by atoms with van der Waals surface area (Å²) in [5.74, 6) is 0. The standard InChI is InChI=1S/C23H23BrN4S/c24-16-10-12-17(13-11-16)27-15-5-9-20(27)22-21(19-8-3-4-14-25-19)26-23(29)28(22)18-6-1-2-7-18/h3-5,8-15,18,21-22H,1-2,6-7H2,(H,26,29)/t21-,22-/m1/s1. The lowest BCUT2D eigenvalue weighted by Gasteiger charge is -2.33. The zero-order chi connectivity index (χ0) is 19.8. The summed E-state index contributed by atoms with van der Waals surface area (Å²) in [6.07, 6.45) is 8.96. The Labute approximate surface area is 185 Å². The van der Waals surface area contributed by atoms with Crippen molar-refractivity contribution in [3.05, 3.63) is 82.9 Å². The minimum atomic E-state index is 0.0356. The fraction of sp³-hybridized carbons (Fsp3) is 0.304. The van der Waals surface area contributed by atoms with Gasteiger partial charge in [-0.3, -0.25) is 4.98 Å². The topological polar surface area (TPSA) is 33.1 Å². The maximum atomic E-state index is 5.85. The molecule has 0 spiro atoms. The van der Waals surface area contributed by atoms with Crippen LogP contribution in [0.2, 0.25) is 0 Å². The Hall–Kier alpha value is -2.18. The molecule has 0 radical (unpaired) electrons. The summed E-state index contributed by atoms with van der Waals surface area (Å²) >= 11 is 9.40. The molecule has 4 nitrogen and oxygen atoms in total. The number of benzene rings is 1. The van der Waals surface area contributed by atoms with E-state index in [0.29, 0.717) is 6.04 Å². The van der Waals surface area contributed by atoms with Crippen molar-refractivity contribution in [1.29, 1.82) is 0 Å². The predicted octanol–water partition coefficient (Wildman–Crippen LogP) is 5.55. The Morgan fingerprint density at radius 3 is 2.52 bits per heavy atom. The van der Waals surface area contributed by atoms with Crippen molar-refractivity contribution in [3.63, 3.8) is 0 Å². The first-order valence-corrected chi connectivity index (χ1v) is 11.4. The van der Waals surface area contributed by atoms with Crippen molar-refractivity contribution in [2.45, 2.75) is 43.8 Å². The molecule has 29 heavy (non-hydrogen) atoms. The fourth-order valence-corrected chi connectivity index (χ4v) is 5.38. The molecule has 2 fully saturated rings. The van der Waals surface area contributed by atoms with E-state index in [1.54, 1.807) is 0 Å². The van der Waals surface area contributed by atoms with E-state index in [9.17, 15) is 0 Å². The Balaban J connectivity index is 1.61. The fourth-order valence-electron chi connectivity index (χ4n) is 4.73. The third-order valence-electron chi connectivity index (χ3n) is 6.04. The molecule has 6 heteroatoms. The third kappa shape index (κ3) is 3.49. The van der Waals surface area contributed by atoms with E-state index in [-0.39, 0.29) is 12.1 Å². The van der Waals surface area contributed by atoms with E-state index < -0.39 is 0 Å². The summed E-state index contributed by atoms with van der Waals surface area (Å²) in [6.45, 7) is 0. The number of pyridine rings is 1. The maximum Gasteiger partial charge on any atom is 0.170 e. The van der Waals surface area contributed by atoms with Crippen molar-refractivity contribution in [3.8, 4) is 5.69 Å². The normalized spacial score (nSPS) is 22.2. The molecule has 2 atom stereocenters. The van der Waals surface area contributed by atoms with Crippen LogP contribution in [0.1, 0.15) is 49.2 Å². The summed E-state index contributed by atoms with van der Waals surface area (Å²) in [7, 11) is 0. The third-order valence-corrected chi connectivity index (χ3v) is 6.90. The first-order chi connectivity index (χ1) is 14.2. The highest BCUT2D eigenvalue weighted by Gasteiger charge is 2.44. The smallest absolute Gasteiger partial charge is 0.170 e. The number of aromatic nitrogens is 2. The van der Waals surface area contributed by atoms with Crippen LogP contribution in [0.5, 0.6) is 0 Å². The van der Waals surface area contributed by atoms with Crippen LogP contribution in [0, 0.1) is 0 Å². The second kappa shape index (κ2) is 7.92. The Morgan fingerprint density at radius 2 is 1.79 bits per heavy atom. The number of halogens is 1. The van der Waals surface area contributed by atoms with E-state index in [2.05, 4.69) is 90.4 Å². The predicted molar refractivity (Wildman–Crippen MR) is 123 cm³/mol. The first-order valence-electron chi connectivity index (χ1n) is 10.2. The summed E-state index contributed by atoms with van der Waals surface area (Å²) < 4.78 is 3.36. The van der Waals surface area contributed by atoms with Crippen LogP contribution in [0.4, 0.5) is 0 Å². The molecule has 2 aliphatic rings. The van der Waals surface area contributed by atoms with Crippen LogP contribution in [-0.4, -0.2) is 25.6 Å². The zero-order valence-electron chi connectivity index (χ0n) is 16.0. The van der Waals surface area contributed by atoms with Gasteiger partial charge in [0, 0.05) is 34.3 Å². The number of rotatable bonds is 4. The minimum absolute atomic E-state index is 0.0356. The lowest BCUT2D eigenvalue weighted by molar-refractivity contribution is 0.239. The first kappa shape index (κ1) is 18.8. The average molecular weight is 467 g/mol. The van der Waals surface area contributed by atoms with E-state index in [1.807, 2.05) is 12.3 Å². The molecule has 1 saturated heterocycles. The van der Waals surface area contributed by atoms with Gasteiger partial charge < -0.3 is 14.8 Å². The van der Waals surface area contributed by atoms with Gasteiger partial charge in [-0.25, -0.2) is 0 Å². The molecule has 1 saturated carbocycles. The SMILES string of the molecule is S=C1N[C@H](c2ccccn2)[C@@H](c2cccn2-c2ccc(Br)cc2)N1C1CCCC1. The lowest BCUT2D eigenvalue weighted by Crippen LogP contribution is -2.38. The highest BCUT2D eigenvalue weighted by atomic mass is 79.9. The number of nitrogens with one attached hydrogen (secondary N) is 1. The van der Waals surface area contributed by atoms with Gasteiger partial charge in [-0.15, -0.1) is 0 Å². The number of hydrogen-bond donors (Lipinski definition) is 1. The summed E-state index contributed by atoms with van der Waals surface area (Å²) in [4.78, 5) is 7.12. The average Bonchev–Trinajstić information content (AvgIpc) is 3.48. The van der Waals surface area contributed by atoms with Crippen molar-refractivity contribution < 1.29 is 0 Å². The second-order valence-corrected chi connectivity index (χ2v) is 9.05. The van der Waals surface area contributed by atoms with E-state index >= 15 is 0 Å². The lowest BCUT2D eigenvalue weighted by atomic mass is 9.99. The molecule has 5 rings (SSSR count). The van der Waals surface area contributed by atoms with Crippen LogP contribution in [-0.2, 0) is 0 Å². The van der Waals surface area contributed by atoms with E-state index in [4.69, 9.17) is 12.2 Å². The van der Waals surface area contributed by atoms with Gasteiger partial charge in [0.25, 0.3) is 0 Å². The molecule has 1 aliphatic heterocycles. The molecule has 3 aromatic rings. The van der Waals surface area contributed by atoms with Gasteiger partial charge in [0.1, 0.15) is 0 Å². The van der Waals surface area contributed by atoms with Crippen molar-refractivity contribution in [1.82, 2.24) is 19.8 Å². The van der Waals surface area contributed by atoms with Gasteiger partial charge in [-0.05, 0) is 73.6 Å². The van der Waals surface area contributed by atoms with Crippen molar-refractivity contribution in [2.75, 3.05) is 0 Å². The molecule has 1 aromatic carbocycles. The quantitative estimate of drug-likeness (QED) is 0.510. The molecular weight excluding hydrogens is 444 g/mol. The van der Waals surface area contributed by atoms with Gasteiger partial charge in [-0.1, -0.05) is 34.8 Å². The Kier molecular flexibility index (Phi) is 5.14. The molecule has 148 valence electrons. The molecule has 0 bridgehead atoms. The van der Waals surface area contributed by atoms with Gasteiger partial charge in [0.15, 0.2) is 5.11 Å². The molecular formula is C23H23BrN4S. The van der Waals surface area contributed by atoms with Crippen molar-refractivity contribution in [2.24, 2.45) is 0 Å². The Morgan fingerprint density at radius 1 is 1.00 bits per heavy atom. The number of thiocarbonyl (C=S) groups is 1. The van der Waals surface area contributed by atoms with Crippen LogP contribution in [0.3, 0.4) is 0 Å². The molecule has 0 amide bonds. The van der Waals surface area contributed by atoms with Crippen molar-refractivity contribution >= 4 is 33.3 Å². The number of nitrogens with zero attached hydrogens (tertiary/aromatic N) is 3. The second-order valence-electron chi connectivity index (χ2n) is 7.75. The minimum Gasteiger partial charge on any atom is -0.352 e. The maximum absolute atomic E-state index is 5.85. The molecule has 2 aromatic heterocycles. The summed E-state index contributed by atoms with van der Waals surface area (Å²) in [5.41, 5.74) is 3.42. The van der Waals surface area contributed by atoms with Crippen LogP contribution < -0.4 is 5.32 Å². The number of hydrogen-bond acceptors (Lipinski definition) is 2. The molecule has 1 N–H and O–H groups in total. The van der Waals surface area contributed by atoms with Gasteiger partial charge in [0.2, 0.25) is 0 Å². The molecule has 3 heterocycles. The summed E-state index contributed by atoms with van der Waals surface area (Å²) in [5, 5.41) is 4.45. The van der Waals surface area contributed by atoms with Crippen LogP contribution in [0.25, 0.3) is 5.69 Å². The van der Waals surface area contributed by atoms with Gasteiger partial charge in [0.05, 0.1) is 17.8 Å². The monoisotopic (exact) mass is 466 g/mol. The highest BCUT2D eigenvalue weighted by molar-refractivity contribution is 9.10. The van der Waals surface area contributed by atoms with E-state index in [0.717, 1.165) is 21.0 Å². The molecule has 1 aliphatic carbocycles. The van der Waals surface area contributed by atoms with E-state index in [1.165, 1.54) is 31.4 Å². The van der Waals surface area contributed by atoms with Crippen LogP contribution in [0.15, 0.2) is 71.5 Å². The van der Waals surface area contributed by atoms with Crippen LogP contribution >= 0.6 is 28.1 Å². The molecule has 0 unspecified atom stereocenters. The summed E-state index contributed by atoms with van der Waals surface area (Å²) in [6, 6.07) is 19.5. The Bertz CT molecular complexity index is 995. The van der Waals surface area contributed by atoms with Gasteiger partial charge >= 0.3 is 0 Å². The zero-order valence-corrected chi connectivity index (χ0v) is 18.4. The highest BCUT2D eigenvalue weighted by Crippen LogP contribution is 2.43.